The predicted octanol–water partition coefficient (Wildman–Crippen LogP) is 7.56. The highest BCUT2D eigenvalue weighted by Gasteiger charge is 2.58. The van der Waals surface area contributed by atoms with Gasteiger partial charge in [-0.15, -0.1) is 11.3 Å². The van der Waals surface area contributed by atoms with Gasteiger partial charge in [0.25, 0.3) is 0 Å². The number of fused-ring (bicyclic) bond motifs is 5. The maximum Gasteiger partial charge on any atom is 0.226 e. The number of phenols is 1. The Morgan fingerprint density at radius 3 is 2.79 bits per heavy atom. The summed E-state index contributed by atoms with van der Waals surface area (Å²) < 4.78 is 1.04. The van der Waals surface area contributed by atoms with Crippen LogP contribution in [0.2, 0.25) is 0 Å². The predicted molar refractivity (Wildman–Crippen MR) is 162 cm³/mol. The van der Waals surface area contributed by atoms with E-state index in [1.165, 1.54) is 28.2 Å². The second-order valence-electron chi connectivity index (χ2n) is 12.7. The van der Waals surface area contributed by atoms with E-state index in [-0.39, 0.29) is 16.7 Å². The molecule has 1 heterocycles. The van der Waals surface area contributed by atoms with E-state index >= 15 is 0 Å². The van der Waals surface area contributed by atoms with Crippen molar-refractivity contribution < 1.29 is 14.7 Å². The SMILES string of the molecule is CON=C1C[C@@H](CCC(=O)Nc2ncc(C)s2)C2C3CCc4c(cc(C(C)(C)C)c(O)c4I)C3CC[C@]12C. The summed E-state index contributed by atoms with van der Waals surface area (Å²) in [5.74, 6) is 2.37. The maximum atomic E-state index is 12.8. The summed E-state index contributed by atoms with van der Waals surface area (Å²) in [6.07, 6.45) is 8.33. The van der Waals surface area contributed by atoms with Crippen LogP contribution in [0, 0.1) is 33.7 Å². The molecule has 5 rings (SSSR count). The molecule has 5 atom stereocenters. The van der Waals surface area contributed by atoms with Gasteiger partial charge < -0.3 is 15.3 Å². The van der Waals surface area contributed by atoms with E-state index < -0.39 is 0 Å². The van der Waals surface area contributed by atoms with Crippen molar-refractivity contribution in [2.75, 3.05) is 12.4 Å². The fourth-order valence-electron chi connectivity index (χ4n) is 7.75. The number of aromatic nitrogens is 1. The van der Waals surface area contributed by atoms with Gasteiger partial charge in [-0.25, -0.2) is 4.98 Å². The molecular weight excluding hydrogens is 609 g/mol. The Balaban J connectivity index is 1.44. The summed E-state index contributed by atoms with van der Waals surface area (Å²) in [6, 6.07) is 2.32. The zero-order valence-electron chi connectivity index (χ0n) is 23.4. The number of benzene rings is 1. The van der Waals surface area contributed by atoms with E-state index in [4.69, 9.17) is 4.84 Å². The molecule has 0 spiro atoms. The third-order valence-corrected chi connectivity index (χ3v) is 11.4. The number of hydrogen-bond donors (Lipinski definition) is 2. The molecule has 3 aliphatic carbocycles. The van der Waals surface area contributed by atoms with Crippen LogP contribution in [0.3, 0.4) is 0 Å². The first kappa shape index (κ1) is 27.9. The largest absolute Gasteiger partial charge is 0.507 e. The monoisotopic (exact) mass is 649 g/mol. The van der Waals surface area contributed by atoms with E-state index in [1.54, 1.807) is 13.3 Å². The number of halogens is 1. The Bertz CT molecular complexity index is 1270. The molecule has 38 heavy (non-hydrogen) atoms. The highest BCUT2D eigenvalue weighted by atomic mass is 127. The van der Waals surface area contributed by atoms with Crippen molar-refractivity contribution in [1.82, 2.24) is 4.98 Å². The van der Waals surface area contributed by atoms with Crippen molar-refractivity contribution in [3.63, 3.8) is 0 Å². The van der Waals surface area contributed by atoms with Gasteiger partial charge in [-0.3, -0.25) is 4.79 Å². The molecule has 2 saturated carbocycles. The molecule has 2 N–H and O–H groups in total. The van der Waals surface area contributed by atoms with Gasteiger partial charge in [0.2, 0.25) is 5.91 Å². The number of phenolic OH excluding ortho intramolecular Hbond substituents is 1. The molecule has 1 aromatic heterocycles. The van der Waals surface area contributed by atoms with Gasteiger partial charge in [0, 0.05) is 28.5 Å². The normalized spacial score (nSPS) is 29.5. The first-order valence-corrected chi connectivity index (χ1v) is 15.7. The number of aryl methyl sites for hydroxylation is 1. The quantitative estimate of drug-likeness (QED) is 0.259. The van der Waals surface area contributed by atoms with Gasteiger partial charge in [-0.05, 0) is 108 Å². The van der Waals surface area contributed by atoms with E-state index in [9.17, 15) is 9.90 Å². The average molecular weight is 650 g/mol. The van der Waals surface area contributed by atoms with Gasteiger partial charge in [-0.1, -0.05) is 38.9 Å². The number of nitrogens with zero attached hydrogens (tertiary/aromatic N) is 2. The fourth-order valence-corrected chi connectivity index (χ4v) is 9.30. The molecule has 0 aliphatic heterocycles. The van der Waals surface area contributed by atoms with Crippen molar-refractivity contribution in [1.29, 1.82) is 0 Å². The Kier molecular flexibility index (Phi) is 7.61. The van der Waals surface area contributed by atoms with Gasteiger partial charge in [0.15, 0.2) is 5.13 Å². The van der Waals surface area contributed by atoms with Crippen molar-refractivity contribution in [3.8, 4) is 5.75 Å². The Hall–Kier alpha value is -1.68. The number of amides is 1. The Morgan fingerprint density at radius 1 is 1.37 bits per heavy atom. The maximum absolute atomic E-state index is 12.8. The number of hydrogen-bond acceptors (Lipinski definition) is 6. The number of carbonyl (C=O) groups excluding carboxylic acids is 1. The molecule has 1 aromatic carbocycles. The first-order valence-electron chi connectivity index (χ1n) is 13.8. The summed E-state index contributed by atoms with van der Waals surface area (Å²) in [6.45, 7) is 10.9. The molecule has 8 heteroatoms. The van der Waals surface area contributed by atoms with Crippen LogP contribution in [0.4, 0.5) is 5.13 Å². The number of aromatic hydroxyl groups is 1. The molecule has 0 radical (unpaired) electrons. The Morgan fingerprint density at radius 2 is 2.13 bits per heavy atom. The third-order valence-electron chi connectivity index (χ3n) is 9.43. The molecule has 0 saturated heterocycles. The lowest BCUT2D eigenvalue weighted by molar-refractivity contribution is -0.116. The molecule has 1 amide bonds. The number of nitrogens with one attached hydrogen (secondary N) is 1. The van der Waals surface area contributed by atoms with Crippen molar-refractivity contribution in [2.24, 2.45) is 28.3 Å². The van der Waals surface area contributed by atoms with Crippen LogP contribution in [0.1, 0.15) is 93.7 Å². The molecule has 3 unspecified atom stereocenters. The summed E-state index contributed by atoms with van der Waals surface area (Å²) in [4.78, 5) is 23.6. The lowest BCUT2D eigenvalue weighted by Gasteiger charge is -2.51. The van der Waals surface area contributed by atoms with Gasteiger partial charge >= 0.3 is 0 Å². The topological polar surface area (TPSA) is 83.8 Å². The average Bonchev–Trinajstić information content (AvgIpc) is 3.38. The summed E-state index contributed by atoms with van der Waals surface area (Å²) >= 11 is 3.88. The zero-order chi connectivity index (χ0) is 27.4. The molecule has 0 bridgehead atoms. The first-order chi connectivity index (χ1) is 17.9. The van der Waals surface area contributed by atoms with Crippen molar-refractivity contribution in [3.05, 3.63) is 37.4 Å². The van der Waals surface area contributed by atoms with Crippen LogP contribution >= 0.6 is 33.9 Å². The van der Waals surface area contributed by atoms with Crippen molar-refractivity contribution in [2.45, 2.75) is 90.9 Å². The van der Waals surface area contributed by atoms with Crippen LogP contribution in [0.25, 0.3) is 0 Å². The number of thiazole rings is 1. The zero-order valence-corrected chi connectivity index (χ0v) is 26.3. The van der Waals surface area contributed by atoms with Gasteiger partial charge in [-0.2, -0.15) is 0 Å². The molecular formula is C30H40IN3O3S. The minimum absolute atomic E-state index is 0.000820. The second kappa shape index (κ2) is 10.4. The highest BCUT2D eigenvalue weighted by Crippen LogP contribution is 2.63. The Labute approximate surface area is 244 Å². The minimum atomic E-state index is -0.118. The van der Waals surface area contributed by atoms with Crippen LogP contribution in [-0.4, -0.2) is 28.8 Å². The van der Waals surface area contributed by atoms with E-state index in [0.717, 1.165) is 52.5 Å². The molecule has 3 aliphatic rings. The molecule has 206 valence electrons. The number of anilines is 1. The third kappa shape index (κ3) is 4.88. The molecule has 6 nitrogen and oxygen atoms in total. The fraction of sp³-hybridized carbons (Fsp3) is 0.633. The van der Waals surface area contributed by atoms with Gasteiger partial charge in [0.05, 0.1) is 9.28 Å². The highest BCUT2D eigenvalue weighted by molar-refractivity contribution is 14.1. The van der Waals surface area contributed by atoms with Crippen LogP contribution in [-0.2, 0) is 21.5 Å². The van der Waals surface area contributed by atoms with E-state index in [0.29, 0.717) is 41.0 Å². The van der Waals surface area contributed by atoms with Crippen LogP contribution < -0.4 is 5.32 Å². The standard InChI is InChI=1S/C30H40IN3O3S/c1-16-15-32-28(38-16)33-24(35)10-7-17-13-23(34-37-6)30(5)12-11-18-19(25(17)30)8-9-20-21(18)14-22(29(2,3)4)27(36)26(20)31/h14-15,17-19,25,36H,7-13H2,1-6H3,(H,32,33,35)/t17-,18?,19?,25?,30-/m1/s1. The summed E-state index contributed by atoms with van der Waals surface area (Å²) in [7, 11) is 1.65. The van der Waals surface area contributed by atoms with Gasteiger partial charge in [0.1, 0.15) is 12.9 Å². The number of oxime groups is 1. The minimum Gasteiger partial charge on any atom is -0.507 e. The smallest absolute Gasteiger partial charge is 0.226 e. The van der Waals surface area contributed by atoms with Crippen LogP contribution in [0.5, 0.6) is 5.75 Å². The summed E-state index contributed by atoms with van der Waals surface area (Å²) in [5.41, 5.74) is 4.90. The second-order valence-corrected chi connectivity index (χ2v) is 15.1. The number of carbonyl (C=O) groups is 1. The summed E-state index contributed by atoms with van der Waals surface area (Å²) in [5, 5.41) is 19.3. The van der Waals surface area contributed by atoms with Crippen LogP contribution in [0.15, 0.2) is 17.4 Å². The molecule has 2 fully saturated rings. The molecule has 2 aromatic rings. The lowest BCUT2D eigenvalue weighted by atomic mass is 9.53. The van der Waals surface area contributed by atoms with Crippen molar-refractivity contribution >= 4 is 50.7 Å². The number of rotatable bonds is 5. The van der Waals surface area contributed by atoms with E-state index in [2.05, 4.69) is 71.8 Å². The van der Waals surface area contributed by atoms with E-state index in [1.807, 2.05) is 6.92 Å². The lowest BCUT2D eigenvalue weighted by Crippen LogP contribution is -2.44.